The Hall–Kier alpha value is -3.42. The minimum absolute atomic E-state index is 0.0563. The number of hydrogen-bond donors (Lipinski definition) is 1. The van der Waals surface area contributed by atoms with E-state index in [9.17, 15) is 14.4 Å². The Kier molecular flexibility index (Phi) is 9.91. The first-order valence-corrected chi connectivity index (χ1v) is 13.6. The molecular formula is C29H39N5O3. The lowest BCUT2D eigenvalue weighted by atomic mass is 9.97. The van der Waals surface area contributed by atoms with Crippen molar-refractivity contribution in [1.29, 1.82) is 0 Å². The molecule has 0 bridgehead atoms. The summed E-state index contributed by atoms with van der Waals surface area (Å²) in [6.07, 6.45) is 6.35. The van der Waals surface area contributed by atoms with Crippen LogP contribution in [0.3, 0.4) is 0 Å². The predicted molar refractivity (Wildman–Crippen MR) is 144 cm³/mol. The van der Waals surface area contributed by atoms with Crippen LogP contribution >= 0.6 is 0 Å². The van der Waals surface area contributed by atoms with E-state index >= 15 is 0 Å². The Morgan fingerprint density at radius 1 is 0.892 bits per heavy atom. The van der Waals surface area contributed by atoms with Crippen LogP contribution in [-0.4, -0.2) is 78.3 Å². The van der Waals surface area contributed by atoms with E-state index in [1.54, 1.807) is 6.20 Å². The van der Waals surface area contributed by atoms with Crippen LogP contribution in [0.4, 0.5) is 5.82 Å². The molecule has 8 nitrogen and oxygen atoms in total. The zero-order valence-electron chi connectivity index (χ0n) is 21.7. The van der Waals surface area contributed by atoms with E-state index in [-0.39, 0.29) is 23.6 Å². The van der Waals surface area contributed by atoms with Gasteiger partial charge in [0.05, 0.1) is 0 Å². The number of amides is 3. The summed E-state index contributed by atoms with van der Waals surface area (Å²) in [5.41, 5.74) is 1.23. The number of piperazine rings is 1. The van der Waals surface area contributed by atoms with Crippen molar-refractivity contribution in [3.8, 4) is 0 Å². The molecule has 37 heavy (non-hydrogen) atoms. The molecule has 2 saturated heterocycles. The van der Waals surface area contributed by atoms with Crippen molar-refractivity contribution in [2.24, 2.45) is 5.92 Å². The fourth-order valence-electron chi connectivity index (χ4n) is 5.19. The maximum atomic E-state index is 13.4. The first-order valence-electron chi connectivity index (χ1n) is 13.6. The summed E-state index contributed by atoms with van der Waals surface area (Å²) in [7, 11) is 0. The van der Waals surface area contributed by atoms with Gasteiger partial charge < -0.3 is 20.0 Å². The predicted octanol–water partition coefficient (Wildman–Crippen LogP) is 2.89. The van der Waals surface area contributed by atoms with Gasteiger partial charge in [-0.25, -0.2) is 4.98 Å². The highest BCUT2D eigenvalue weighted by Crippen LogP contribution is 2.20. The molecule has 1 unspecified atom stereocenters. The summed E-state index contributed by atoms with van der Waals surface area (Å²) in [6.45, 7) is 4.39. The van der Waals surface area contributed by atoms with Gasteiger partial charge in [-0.1, -0.05) is 36.4 Å². The van der Waals surface area contributed by atoms with E-state index in [0.29, 0.717) is 52.0 Å². The number of aryl methyl sites for hydroxylation is 1. The third-order valence-electron chi connectivity index (χ3n) is 7.37. The molecule has 1 atom stereocenters. The molecule has 4 rings (SSSR count). The second-order valence-corrected chi connectivity index (χ2v) is 9.95. The maximum absolute atomic E-state index is 13.4. The Bertz CT molecular complexity index is 1010. The Labute approximate surface area is 220 Å². The quantitative estimate of drug-likeness (QED) is 0.653. The second kappa shape index (κ2) is 13.8. The van der Waals surface area contributed by atoms with Crippen molar-refractivity contribution in [3.05, 3.63) is 60.3 Å². The number of carbonyl (C=O) groups is 3. The first-order chi connectivity index (χ1) is 18.1. The number of rotatable bonds is 6. The Morgan fingerprint density at radius 2 is 1.68 bits per heavy atom. The Balaban J connectivity index is 1.28. The summed E-state index contributed by atoms with van der Waals surface area (Å²) in [4.78, 5) is 49.2. The van der Waals surface area contributed by atoms with E-state index < -0.39 is 0 Å². The van der Waals surface area contributed by atoms with E-state index in [1.165, 1.54) is 5.56 Å². The van der Waals surface area contributed by atoms with E-state index in [4.69, 9.17) is 0 Å². The van der Waals surface area contributed by atoms with E-state index in [2.05, 4.69) is 27.3 Å². The van der Waals surface area contributed by atoms with Crippen LogP contribution in [0, 0.1) is 5.92 Å². The number of benzene rings is 1. The molecule has 3 amide bonds. The number of anilines is 1. The third-order valence-corrected chi connectivity index (χ3v) is 7.37. The summed E-state index contributed by atoms with van der Waals surface area (Å²) >= 11 is 0. The lowest BCUT2D eigenvalue weighted by molar-refractivity contribution is -0.136. The van der Waals surface area contributed by atoms with E-state index in [1.807, 2.05) is 46.2 Å². The molecule has 1 aromatic heterocycles. The van der Waals surface area contributed by atoms with Gasteiger partial charge >= 0.3 is 0 Å². The van der Waals surface area contributed by atoms with Crippen molar-refractivity contribution >= 4 is 23.5 Å². The van der Waals surface area contributed by atoms with Crippen molar-refractivity contribution < 1.29 is 14.4 Å². The molecule has 0 radical (unpaired) electrons. The molecule has 2 aliphatic heterocycles. The highest BCUT2D eigenvalue weighted by Gasteiger charge is 2.28. The monoisotopic (exact) mass is 505 g/mol. The lowest BCUT2D eigenvalue weighted by Crippen LogP contribution is -2.51. The van der Waals surface area contributed by atoms with Crippen LogP contribution in [0.2, 0.25) is 0 Å². The van der Waals surface area contributed by atoms with Gasteiger partial charge in [0, 0.05) is 70.8 Å². The molecule has 0 saturated carbocycles. The molecule has 8 heteroatoms. The molecule has 0 spiro atoms. The molecule has 2 aromatic rings. The summed E-state index contributed by atoms with van der Waals surface area (Å²) in [5, 5.41) is 2.96. The van der Waals surface area contributed by atoms with Crippen LogP contribution in [0.25, 0.3) is 0 Å². The van der Waals surface area contributed by atoms with Gasteiger partial charge in [0.1, 0.15) is 5.82 Å². The molecule has 2 fully saturated rings. The number of aromatic nitrogens is 1. The maximum Gasteiger partial charge on any atom is 0.225 e. The largest absolute Gasteiger partial charge is 0.356 e. The van der Waals surface area contributed by atoms with Gasteiger partial charge in [-0.05, 0) is 49.8 Å². The van der Waals surface area contributed by atoms with Gasteiger partial charge in [-0.2, -0.15) is 0 Å². The van der Waals surface area contributed by atoms with Crippen LogP contribution in [-0.2, 0) is 20.8 Å². The number of pyridine rings is 1. The molecule has 198 valence electrons. The lowest BCUT2D eigenvalue weighted by Gasteiger charge is -2.37. The van der Waals surface area contributed by atoms with Crippen molar-refractivity contribution in [1.82, 2.24) is 20.1 Å². The van der Waals surface area contributed by atoms with Crippen molar-refractivity contribution in [2.75, 3.05) is 50.7 Å². The van der Waals surface area contributed by atoms with Gasteiger partial charge in [-0.3, -0.25) is 14.4 Å². The smallest absolute Gasteiger partial charge is 0.225 e. The number of nitrogens with zero attached hydrogens (tertiary/aromatic N) is 4. The highest BCUT2D eigenvalue weighted by molar-refractivity contribution is 5.80. The topological polar surface area (TPSA) is 85.9 Å². The van der Waals surface area contributed by atoms with E-state index in [0.717, 1.165) is 44.6 Å². The molecular weight excluding hydrogens is 466 g/mol. The third kappa shape index (κ3) is 8.03. The van der Waals surface area contributed by atoms with Crippen LogP contribution < -0.4 is 10.2 Å². The fraction of sp³-hybridized carbons (Fsp3) is 0.517. The molecule has 2 aliphatic rings. The zero-order valence-corrected chi connectivity index (χ0v) is 21.7. The normalized spacial score (nSPS) is 19.6. The second-order valence-electron chi connectivity index (χ2n) is 9.95. The minimum Gasteiger partial charge on any atom is -0.356 e. The van der Waals surface area contributed by atoms with Crippen LogP contribution in [0.1, 0.15) is 44.1 Å². The molecule has 0 aliphatic carbocycles. The number of carbonyl (C=O) groups excluding carboxylic acids is 3. The molecule has 1 N–H and O–H groups in total. The van der Waals surface area contributed by atoms with Crippen molar-refractivity contribution in [2.45, 2.75) is 44.9 Å². The zero-order chi connectivity index (χ0) is 25.9. The average Bonchev–Trinajstić information content (AvgIpc) is 2.98. The van der Waals surface area contributed by atoms with Crippen LogP contribution in [0.15, 0.2) is 54.7 Å². The molecule has 1 aromatic carbocycles. The van der Waals surface area contributed by atoms with Crippen LogP contribution in [0.5, 0.6) is 0 Å². The van der Waals surface area contributed by atoms with Gasteiger partial charge in [0.15, 0.2) is 0 Å². The summed E-state index contributed by atoms with van der Waals surface area (Å²) in [5.74, 6) is 1.00. The summed E-state index contributed by atoms with van der Waals surface area (Å²) < 4.78 is 0. The first kappa shape index (κ1) is 26.6. The Morgan fingerprint density at radius 3 is 2.43 bits per heavy atom. The van der Waals surface area contributed by atoms with Gasteiger partial charge in [-0.15, -0.1) is 0 Å². The average molecular weight is 506 g/mol. The summed E-state index contributed by atoms with van der Waals surface area (Å²) in [6, 6.07) is 16.1. The number of nitrogens with one attached hydrogen (secondary N) is 1. The standard InChI is InChI=1S/C29H39N5O3/c35-27-15-19-33(28(36)13-6-10-24-8-2-1-3-9-24)18-7-11-25(14-17-31-27)29(37)34-22-20-32(21-23-34)26-12-4-5-16-30-26/h1-5,8-9,12,16,25H,6-7,10-11,13-15,17-23H2,(H,31,35). The van der Waals surface area contributed by atoms with Crippen molar-refractivity contribution in [3.63, 3.8) is 0 Å². The molecule has 3 heterocycles. The SMILES string of the molecule is O=C1CCN(C(=O)CCCc2ccccc2)CCCC(C(=O)N2CCN(c3ccccn3)CC2)CCN1. The fourth-order valence-corrected chi connectivity index (χ4v) is 5.19. The number of hydrogen-bond acceptors (Lipinski definition) is 5. The minimum atomic E-state index is -0.144. The van der Waals surface area contributed by atoms with Gasteiger partial charge in [0.25, 0.3) is 0 Å². The van der Waals surface area contributed by atoms with Gasteiger partial charge in [0.2, 0.25) is 17.7 Å². The highest BCUT2D eigenvalue weighted by atomic mass is 16.2.